The van der Waals surface area contributed by atoms with Gasteiger partial charge in [0.15, 0.2) is 11.6 Å². The van der Waals surface area contributed by atoms with E-state index in [2.05, 4.69) is 0 Å². The maximum absolute atomic E-state index is 13.3. The summed E-state index contributed by atoms with van der Waals surface area (Å²) in [6.07, 6.45) is 0. The van der Waals surface area contributed by atoms with Gasteiger partial charge in [-0.05, 0) is 63.1 Å². The molecule has 0 saturated carbocycles. The number of aryl methyl sites for hydroxylation is 2. The van der Waals surface area contributed by atoms with Crippen LogP contribution in [-0.4, -0.2) is 86.4 Å². The van der Waals surface area contributed by atoms with Crippen molar-refractivity contribution in [1.82, 2.24) is 0 Å². The van der Waals surface area contributed by atoms with Crippen molar-refractivity contribution in [2.45, 2.75) is 27.7 Å². The molecule has 0 heterocycles. The summed E-state index contributed by atoms with van der Waals surface area (Å²) >= 11 is 23.9. The van der Waals surface area contributed by atoms with Gasteiger partial charge < -0.3 is 19.3 Å². The van der Waals surface area contributed by atoms with E-state index in [0.29, 0.717) is 49.7 Å². The Morgan fingerprint density at radius 1 is 0.587 bits per heavy atom. The van der Waals surface area contributed by atoms with E-state index in [-0.39, 0.29) is 33.4 Å². The second kappa shape index (κ2) is 17.8. The van der Waals surface area contributed by atoms with Crippen LogP contribution in [0.5, 0.6) is 0 Å². The fraction of sp³-hybridized carbons (Fsp3) is 0.412. The van der Waals surface area contributed by atoms with E-state index in [0.717, 1.165) is 22.5 Å². The first kappa shape index (κ1) is 37.4. The van der Waals surface area contributed by atoms with E-state index < -0.39 is 36.7 Å². The van der Waals surface area contributed by atoms with E-state index in [9.17, 15) is 19.2 Å². The van der Waals surface area contributed by atoms with Crippen molar-refractivity contribution in [2.75, 3.05) is 72.7 Å². The Balaban J connectivity index is 1.85. The largest absolute Gasteiger partial charge is 0.457 e. The van der Waals surface area contributed by atoms with Crippen molar-refractivity contribution >= 4 is 81.3 Å². The van der Waals surface area contributed by atoms with Crippen LogP contribution in [0.4, 0.5) is 11.4 Å². The van der Waals surface area contributed by atoms with E-state index in [1.165, 1.54) is 13.8 Å². The maximum atomic E-state index is 13.3. The normalized spacial score (nSPS) is 13.3. The zero-order chi connectivity index (χ0) is 34.0. The SMILES string of the molecule is CC1=C(C)C(=O)C(COC(=O)c2ccc(C)c(N(CCCl)CCCl)c2)=C(COC(=O)c2ccc(C)c(N(CCCl)CCCl)c2)C1=O. The van der Waals surface area contributed by atoms with Crippen LogP contribution in [0.3, 0.4) is 0 Å². The third-order valence-corrected chi connectivity index (χ3v) is 8.52. The molecule has 0 aliphatic heterocycles. The van der Waals surface area contributed by atoms with E-state index in [1.54, 1.807) is 36.4 Å². The topological polar surface area (TPSA) is 93.2 Å². The Hall–Kier alpha value is -3.04. The number of hydrogen-bond acceptors (Lipinski definition) is 8. The number of carbonyl (C=O) groups excluding carboxylic acids is 4. The van der Waals surface area contributed by atoms with Gasteiger partial charge in [-0.3, -0.25) is 9.59 Å². The summed E-state index contributed by atoms with van der Waals surface area (Å²) in [6, 6.07) is 10.2. The molecule has 0 bridgehead atoms. The van der Waals surface area contributed by atoms with Crippen LogP contribution < -0.4 is 9.80 Å². The molecule has 8 nitrogen and oxygen atoms in total. The molecule has 2 aromatic carbocycles. The average Bonchev–Trinajstić information content (AvgIpc) is 3.04. The van der Waals surface area contributed by atoms with Crippen molar-refractivity contribution in [3.8, 4) is 0 Å². The van der Waals surface area contributed by atoms with Crippen LogP contribution >= 0.6 is 46.4 Å². The van der Waals surface area contributed by atoms with Gasteiger partial charge in [0.1, 0.15) is 13.2 Å². The molecule has 1 aliphatic rings. The number of ketones is 2. The van der Waals surface area contributed by atoms with Crippen molar-refractivity contribution in [1.29, 1.82) is 0 Å². The standard InChI is InChI=1S/C34H38Cl4N2O6/c1-21-5-7-25(17-29(21)39(13-9-35)14-10-36)33(43)45-19-27-28(32(42)24(4)23(3)31(27)41)20-46-34(44)26-8-6-22(2)30(18-26)40(15-11-37)16-12-38/h5-8,17-18H,9-16,19-20H2,1-4H3. The number of rotatable bonds is 16. The maximum Gasteiger partial charge on any atom is 0.338 e. The summed E-state index contributed by atoms with van der Waals surface area (Å²) in [5, 5.41) is 0. The van der Waals surface area contributed by atoms with Crippen molar-refractivity contribution in [3.05, 3.63) is 80.9 Å². The summed E-state index contributed by atoms with van der Waals surface area (Å²) in [7, 11) is 0. The van der Waals surface area contributed by atoms with Crippen LogP contribution in [-0.2, 0) is 19.1 Å². The summed E-state index contributed by atoms with van der Waals surface area (Å²) in [6.45, 7) is 8.09. The third kappa shape index (κ3) is 9.06. The molecule has 0 radical (unpaired) electrons. The van der Waals surface area contributed by atoms with Gasteiger partial charge in [0.25, 0.3) is 0 Å². The third-order valence-electron chi connectivity index (χ3n) is 7.84. The number of halogens is 4. The molecule has 0 unspecified atom stereocenters. The van der Waals surface area contributed by atoms with Gasteiger partial charge in [0.2, 0.25) is 0 Å². The molecule has 3 rings (SSSR count). The summed E-state index contributed by atoms with van der Waals surface area (Å²) in [4.78, 5) is 56.9. The number of allylic oxidation sites excluding steroid dienone is 2. The number of Topliss-reactive ketones (excluding diaryl/α,β-unsaturated/α-hetero) is 2. The highest BCUT2D eigenvalue weighted by atomic mass is 35.5. The van der Waals surface area contributed by atoms with Crippen molar-refractivity contribution in [3.63, 3.8) is 0 Å². The molecule has 1 aliphatic carbocycles. The first-order valence-corrected chi connectivity index (χ1v) is 16.9. The van der Waals surface area contributed by atoms with Crippen LogP contribution in [0.25, 0.3) is 0 Å². The molecule has 0 saturated heterocycles. The molecule has 2 aromatic rings. The zero-order valence-electron chi connectivity index (χ0n) is 26.4. The van der Waals surface area contributed by atoms with E-state index >= 15 is 0 Å². The Morgan fingerprint density at radius 2 is 0.913 bits per heavy atom. The minimum absolute atomic E-state index is 0.0347. The Labute approximate surface area is 290 Å². The second-order valence-electron chi connectivity index (χ2n) is 10.8. The number of hydrogen-bond donors (Lipinski definition) is 0. The quantitative estimate of drug-likeness (QED) is 0.108. The van der Waals surface area contributed by atoms with E-state index in [1.807, 2.05) is 23.6 Å². The zero-order valence-corrected chi connectivity index (χ0v) is 29.4. The van der Waals surface area contributed by atoms with Crippen LogP contribution in [0.1, 0.15) is 45.7 Å². The lowest BCUT2D eigenvalue weighted by atomic mass is 9.86. The number of esters is 2. The molecular weight excluding hydrogens is 674 g/mol. The Kier molecular flexibility index (Phi) is 14.4. The first-order valence-electron chi connectivity index (χ1n) is 14.8. The van der Waals surface area contributed by atoms with Crippen LogP contribution in [0.2, 0.25) is 0 Å². The number of benzene rings is 2. The minimum atomic E-state index is -0.684. The number of ether oxygens (including phenoxy) is 2. The molecule has 0 aromatic heterocycles. The molecule has 0 N–H and O–H groups in total. The summed E-state index contributed by atoms with van der Waals surface area (Å²) in [5.74, 6) is -0.770. The van der Waals surface area contributed by atoms with Crippen molar-refractivity contribution < 1.29 is 28.7 Å². The highest BCUT2D eigenvalue weighted by molar-refractivity contribution is 6.25. The molecule has 0 fully saturated rings. The molecule has 0 amide bonds. The summed E-state index contributed by atoms with van der Waals surface area (Å²) in [5.41, 5.74) is 4.35. The lowest BCUT2D eigenvalue weighted by Gasteiger charge is -2.25. The number of anilines is 2. The smallest absolute Gasteiger partial charge is 0.338 e. The predicted octanol–water partition coefficient (Wildman–Crippen LogP) is 6.67. The second-order valence-corrected chi connectivity index (χ2v) is 12.3. The fourth-order valence-corrected chi connectivity index (χ4v) is 5.90. The van der Waals surface area contributed by atoms with Crippen molar-refractivity contribution in [2.24, 2.45) is 0 Å². The molecule has 248 valence electrons. The molecule has 46 heavy (non-hydrogen) atoms. The molecule has 12 heteroatoms. The van der Waals surface area contributed by atoms with Crippen LogP contribution in [0, 0.1) is 13.8 Å². The summed E-state index contributed by atoms with van der Waals surface area (Å²) < 4.78 is 11.1. The lowest BCUT2D eigenvalue weighted by Crippen LogP contribution is -2.29. The highest BCUT2D eigenvalue weighted by Crippen LogP contribution is 2.28. The number of carbonyl (C=O) groups is 4. The van der Waals surface area contributed by atoms with Gasteiger partial charge in [0, 0.05) is 83.4 Å². The minimum Gasteiger partial charge on any atom is -0.457 e. The molecule has 0 spiro atoms. The lowest BCUT2D eigenvalue weighted by molar-refractivity contribution is -0.117. The van der Waals surface area contributed by atoms with E-state index in [4.69, 9.17) is 55.9 Å². The van der Waals surface area contributed by atoms with Gasteiger partial charge in [-0.1, -0.05) is 12.1 Å². The highest BCUT2D eigenvalue weighted by Gasteiger charge is 2.32. The molecular formula is C34H38Cl4N2O6. The first-order chi connectivity index (χ1) is 22.0. The fourth-order valence-electron chi connectivity index (χ4n) is 5.08. The monoisotopic (exact) mass is 710 g/mol. The predicted molar refractivity (Wildman–Crippen MR) is 186 cm³/mol. The van der Waals surface area contributed by atoms with Gasteiger partial charge in [0.05, 0.1) is 11.1 Å². The van der Waals surface area contributed by atoms with Crippen LogP contribution in [0.15, 0.2) is 58.7 Å². The Morgan fingerprint density at radius 3 is 1.22 bits per heavy atom. The number of alkyl halides is 4. The van der Waals surface area contributed by atoms with Gasteiger partial charge in [-0.25, -0.2) is 9.59 Å². The van der Waals surface area contributed by atoms with Gasteiger partial charge in [-0.15, -0.1) is 46.4 Å². The van der Waals surface area contributed by atoms with Gasteiger partial charge in [-0.2, -0.15) is 0 Å². The average molecular weight is 712 g/mol. The number of nitrogens with zero attached hydrogens (tertiary/aromatic N) is 2. The Bertz CT molecular complexity index is 1410. The van der Waals surface area contributed by atoms with Gasteiger partial charge >= 0.3 is 11.9 Å². The molecule has 0 atom stereocenters.